The van der Waals surface area contributed by atoms with Crippen molar-refractivity contribution >= 4 is 15.9 Å². The summed E-state index contributed by atoms with van der Waals surface area (Å²) in [6.07, 6.45) is 2.67. The Morgan fingerprint density at radius 2 is 2.24 bits per heavy atom. The van der Waals surface area contributed by atoms with E-state index in [2.05, 4.69) is 40.0 Å². The van der Waals surface area contributed by atoms with Crippen molar-refractivity contribution in [2.75, 3.05) is 18.9 Å². The Labute approximate surface area is 111 Å². The zero-order chi connectivity index (χ0) is 12.3. The van der Waals surface area contributed by atoms with Crippen LogP contribution >= 0.6 is 15.9 Å². The Balaban J connectivity index is 1.94. The first kappa shape index (κ1) is 12.6. The summed E-state index contributed by atoms with van der Waals surface area (Å²) >= 11 is 3.60. The average molecular weight is 293 g/mol. The van der Waals surface area contributed by atoms with Gasteiger partial charge in [-0.2, -0.15) is 5.26 Å². The second kappa shape index (κ2) is 5.20. The molecule has 1 aliphatic rings. The van der Waals surface area contributed by atoms with Crippen LogP contribution in [0.4, 0.5) is 0 Å². The Bertz CT molecular complexity index is 432. The van der Waals surface area contributed by atoms with Crippen LogP contribution in [-0.2, 0) is 6.54 Å². The lowest BCUT2D eigenvalue weighted by atomic mass is 10.1. The first-order valence-electron chi connectivity index (χ1n) is 5.91. The lowest BCUT2D eigenvalue weighted by Crippen LogP contribution is -2.27. The zero-order valence-electron chi connectivity index (χ0n) is 10.1. The molecule has 0 amide bonds. The first-order valence-corrected chi connectivity index (χ1v) is 7.03. The Morgan fingerprint density at radius 3 is 2.82 bits per heavy atom. The molecule has 0 aromatic heterocycles. The van der Waals surface area contributed by atoms with Gasteiger partial charge in [0.2, 0.25) is 0 Å². The van der Waals surface area contributed by atoms with E-state index in [1.807, 2.05) is 18.2 Å². The van der Waals surface area contributed by atoms with Gasteiger partial charge >= 0.3 is 0 Å². The van der Waals surface area contributed by atoms with Gasteiger partial charge in [-0.15, -0.1) is 0 Å². The van der Waals surface area contributed by atoms with Crippen molar-refractivity contribution in [2.24, 2.45) is 5.41 Å². The molecule has 0 aliphatic heterocycles. The van der Waals surface area contributed by atoms with Gasteiger partial charge in [-0.05, 0) is 43.0 Å². The topological polar surface area (TPSA) is 27.0 Å². The van der Waals surface area contributed by atoms with Crippen LogP contribution in [0.15, 0.2) is 24.3 Å². The molecule has 0 unspecified atom stereocenters. The number of benzene rings is 1. The van der Waals surface area contributed by atoms with Gasteiger partial charge in [-0.25, -0.2) is 0 Å². The largest absolute Gasteiger partial charge is 0.302 e. The zero-order valence-corrected chi connectivity index (χ0v) is 11.7. The molecule has 0 bridgehead atoms. The molecule has 1 aromatic rings. The lowest BCUT2D eigenvalue weighted by molar-refractivity contribution is 0.271. The predicted octanol–water partition coefficient (Wildman–Crippen LogP) is 3.17. The van der Waals surface area contributed by atoms with Gasteiger partial charge < -0.3 is 4.90 Å². The highest BCUT2D eigenvalue weighted by Gasteiger charge is 2.41. The molecule has 0 radical (unpaired) electrons. The molecule has 0 N–H and O–H groups in total. The van der Waals surface area contributed by atoms with Crippen molar-refractivity contribution < 1.29 is 0 Å². The SMILES string of the molecule is CN(Cc1cccc(C#N)c1)CC1(CBr)CC1. The number of hydrogen-bond acceptors (Lipinski definition) is 2. The van der Waals surface area contributed by atoms with E-state index in [1.165, 1.54) is 18.4 Å². The third-order valence-electron chi connectivity index (χ3n) is 3.35. The molecule has 90 valence electrons. The van der Waals surface area contributed by atoms with Crippen LogP contribution in [0.1, 0.15) is 24.0 Å². The lowest BCUT2D eigenvalue weighted by Gasteiger charge is -2.22. The number of rotatable bonds is 5. The standard InChI is InChI=1S/C14H17BrN2/c1-17(11-14(10-15)5-6-14)9-13-4-2-3-12(7-13)8-16/h2-4,7H,5-6,9-11H2,1H3. The van der Waals surface area contributed by atoms with Crippen LogP contribution in [-0.4, -0.2) is 23.8 Å². The normalized spacial score (nSPS) is 16.8. The second-order valence-electron chi connectivity index (χ2n) is 5.12. The first-order chi connectivity index (χ1) is 8.17. The smallest absolute Gasteiger partial charge is 0.0991 e. The highest BCUT2D eigenvalue weighted by molar-refractivity contribution is 9.09. The van der Waals surface area contributed by atoms with Crippen LogP contribution in [0.3, 0.4) is 0 Å². The van der Waals surface area contributed by atoms with Gasteiger partial charge in [0.1, 0.15) is 0 Å². The van der Waals surface area contributed by atoms with Gasteiger partial charge in [-0.3, -0.25) is 0 Å². The summed E-state index contributed by atoms with van der Waals surface area (Å²) < 4.78 is 0. The van der Waals surface area contributed by atoms with Crippen molar-refractivity contribution in [3.63, 3.8) is 0 Å². The van der Waals surface area contributed by atoms with Gasteiger partial charge in [0.25, 0.3) is 0 Å². The maximum atomic E-state index is 8.86. The van der Waals surface area contributed by atoms with Crippen molar-refractivity contribution in [1.82, 2.24) is 4.90 Å². The summed E-state index contributed by atoms with van der Waals surface area (Å²) in [6.45, 7) is 2.05. The van der Waals surface area contributed by atoms with Gasteiger partial charge in [0, 0.05) is 18.4 Å². The van der Waals surface area contributed by atoms with Crippen molar-refractivity contribution in [3.05, 3.63) is 35.4 Å². The summed E-state index contributed by atoms with van der Waals surface area (Å²) in [5.41, 5.74) is 2.48. The number of halogens is 1. The minimum absolute atomic E-state index is 0.515. The summed E-state index contributed by atoms with van der Waals surface area (Å²) in [4.78, 5) is 2.35. The van der Waals surface area contributed by atoms with E-state index in [0.717, 1.165) is 24.0 Å². The molecule has 2 rings (SSSR count). The number of hydrogen-bond donors (Lipinski definition) is 0. The molecule has 17 heavy (non-hydrogen) atoms. The molecule has 0 atom stereocenters. The van der Waals surface area contributed by atoms with Gasteiger partial charge in [0.15, 0.2) is 0 Å². The fourth-order valence-electron chi connectivity index (χ4n) is 2.19. The monoisotopic (exact) mass is 292 g/mol. The van der Waals surface area contributed by atoms with Crippen LogP contribution in [0, 0.1) is 16.7 Å². The van der Waals surface area contributed by atoms with Crippen molar-refractivity contribution in [2.45, 2.75) is 19.4 Å². The van der Waals surface area contributed by atoms with Crippen molar-refractivity contribution in [1.29, 1.82) is 5.26 Å². The maximum absolute atomic E-state index is 8.86. The Hall–Kier alpha value is -0.850. The third kappa shape index (κ3) is 3.31. The van der Waals surface area contributed by atoms with Crippen LogP contribution < -0.4 is 0 Å². The van der Waals surface area contributed by atoms with E-state index < -0.39 is 0 Å². The molecule has 3 heteroatoms. The van der Waals surface area contributed by atoms with E-state index >= 15 is 0 Å². The van der Waals surface area contributed by atoms with Crippen molar-refractivity contribution in [3.8, 4) is 6.07 Å². The van der Waals surface area contributed by atoms with Gasteiger partial charge in [0.05, 0.1) is 11.6 Å². The molecule has 2 nitrogen and oxygen atoms in total. The fourth-order valence-corrected chi connectivity index (χ4v) is 2.93. The molecule has 0 saturated heterocycles. The molecule has 0 heterocycles. The van der Waals surface area contributed by atoms with E-state index in [4.69, 9.17) is 5.26 Å². The second-order valence-corrected chi connectivity index (χ2v) is 5.68. The average Bonchev–Trinajstić information content (AvgIpc) is 3.09. The fraction of sp³-hybridized carbons (Fsp3) is 0.500. The van der Waals surface area contributed by atoms with Crippen LogP contribution in [0.25, 0.3) is 0 Å². The number of alkyl halides is 1. The number of nitriles is 1. The quantitative estimate of drug-likeness (QED) is 0.780. The van der Waals surface area contributed by atoms with E-state index in [-0.39, 0.29) is 0 Å². The molecule has 0 spiro atoms. The highest BCUT2D eigenvalue weighted by atomic mass is 79.9. The molecule has 1 fully saturated rings. The summed E-state index contributed by atoms with van der Waals surface area (Å²) in [7, 11) is 2.15. The molecular weight excluding hydrogens is 276 g/mol. The summed E-state index contributed by atoms with van der Waals surface area (Å²) in [6, 6.07) is 10.1. The highest BCUT2D eigenvalue weighted by Crippen LogP contribution is 2.47. The maximum Gasteiger partial charge on any atom is 0.0991 e. The van der Waals surface area contributed by atoms with E-state index in [0.29, 0.717) is 5.41 Å². The summed E-state index contributed by atoms with van der Waals surface area (Å²) in [5, 5.41) is 9.96. The van der Waals surface area contributed by atoms with E-state index in [1.54, 1.807) is 0 Å². The molecular formula is C14H17BrN2. The Morgan fingerprint density at radius 1 is 1.47 bits per heavy atom. The molecule has 1 aromatic carbocycles. The van der Waals surface area contributed by atoms with Crippen LogP contribution in [0.2, 0.25) is 0 Å². The third-order valence-corrected chi connectivity index (χ3v) is 4.54. The Kier molecular flexibility index (Phi) is 3.86. The van der Waals surface area contributed by atoms with Gasteiger partial charge in [-0.1, -0.05) is 28.1 Å². The minimum atomic E-state index is 0.515. The van der Waals surface area contributed by atoms with Crippen LogP contribution in [0.5, 0.6) is 0 Å². The van der Waals surface area contributed by atoms with E-state index in [9.17, 15) is 0 Å². The number of nitrogens with zero attached hydrogens (tertiary/aromatic N) is 2. The minimum Gasteiger partial charge on any atom is -0.302 e. The summed E-state index contributed by atoms with van der Waals surface area (Å²) in [5.74, 6) is 0. The predicted molar refractivity (Wildman–Crippen MR) is 73.0 cm³/mol. The molecule has 1 aliphatic carbocycles. The molecule has 1 saturated carbocycles.